The van der Waals surface area contributed by atoms with Gasteiger partial charge in [0.2, 0.25) is 0 Å². The van der Waals surface area contributed by atoms with Crippen molar-refractivity contribution in [2.75, 3.05) is 0 Å². The molecule has 0 unspecified atom stereocenters. The Morgan fingerprint density at radius 2 is 2.00 bits per heavy atom. The Labute approximate surface area is 67.0 Å². The molecule has 1 nitrogen and oxygen atoms in total. The van der Waals surface area contributed by atoms with E-state index < -0.39 is 0 Å². The highest BCUT2D eigenvalue weighted by atomic mass is 29.1. The Bertz CT molecular complexity index is 176. The maximum absolute atomic E-state index is 3.47. The second-order valence-corrected chi connectivity index (χ2v) is 5.59. The van der Waals surface area contributed by atoms with Crippen molar-refractivity contribution in [3.05, 3.63) is 35.9 Å². The molecule has 0 radical (unpaired) electrons. The van der Waals surface area contributed by atoms with Crippen LogP contribution < -0.4 is 4.98 Å². The van der Waals surface area contributed by atoms with Crippen LogP contribution in [-0.4, -0.2) is 19.0 Å². The lowest BCUT2D eigenvalue weighted by Crippen LogP contribution is -2.18. The molecule has 0 saturated carbocycles. The number of hydrogen-bond donors (Lipinski definition) is 1. The third-order valence-electron chi connectivity index (χ3n) is 1.42. The van der Waals surface area contributed by atoms with Crippen molar-refractivity contribution in [1.82, 2.24) is 4.98 Å². The van der Waals surface area contributed by atoms with E-state index in [0.717, 1.165) is 6.54 Å². The lowest BCUT2D eigenvalue weighted by atomic mass is 10.2. The van der Waals surface area contributed by atoms with Gasteiger partial charge in [-0.15, -0.1) is 0 Å². The normalized spacial score (nSPS) is 11.2. The molecule has 0 saturated heterocycles. The van der Waals surface area contributed by atoms with E-state index in [0.29, 0.717) is 0 Å². The SMILES string of the molecule is [SiH3][SiH2]NCc1ccccc1. The summed E-state index contributed by atoms with van der Waals surface area (Å²) in [6, 6.07) is 10.6. The first-order chi connectivity index (χ1) is 4.93. The van der Waals surface area contributed by atoms with E-state index in [1.807, 2.05) is 0 Å². The minimum absolute atomic E-state index is 0.159. The molecular weight excluding hydrogens is 154 g/mol. The van der Waals surface area contributed by atoms with Crippen molar-refractivity contribution in [3.63, 3.8) is 0 Å². The first-order valence-electron chi connectivity index (χ1n) is 3.68. The van der Waals surface area contributed by atoms with E-state index in [2.05, 4.69) is 35.3 Å². The van der Waals surface area contributed by atoms with Crippen LogP contribution in [0, 0.1) is 0 Å². The lowest BCUT2D eigenvalue weighted by molar-refractivity contribution is 0.958. The van der Waals surface area contributed by atoms with E-state index in [9.17, 15) is 0 Å². The zero-order chi connectivity index (χ0) is 7.23. The van der Waals surface area contributed by atoms with Crippen LogP contribution in [0.1, 0.15) is 5.56 Å². The van der Waals surface area contributed by atoms with Gasteiger partial charge in [0.25, 0.3) is 0 Å². The highest BCUT2D eigenvalue weighted by Crippen LogP contribution is 1.95. The summed E-state index contributed by atoms with van der Waals surface area (Å²) < 4.78 is 0. The summed E-state index contributed by atoms with van der Waals surface area (Å²) in [5.74, 6) is 0. The molecule has 1 rings (SSSR count). The quantitative estimate of drug-likeness (QED) is 0.578. The summed E-state index contributed by atoms with van der Waals surface area (Å²) in [5.41, 5.74) is 1.41. The molecule has 0 aliphatic rings. The van der Waals surface area contributed by atoms with Gasteiger partial charge in [0, 0.05) is 16.3 Å². The number of benzene rings is 1. The number of nitrogens with one attached hydrogen (secondary N) is 1. The molecule has 0 spiro atoms. The van der Waals surface area contributed by atoms with Crippen LogP contribution in [0.4, 0.5) is 0 Å². The first-order valence-corrected chi connectivity index (χ1v) is 10.0. The van der Waals surface area contributed by atoms with E-state index in [1.54, 1.807) is 0 Å². The van der Waals surface area contributed by atoms with Crippen molar-refractivity contribution in [2.45, 2.75) is 6.54 Å². The molecule has 0 bridgehead atoms. The molecule has 1 N–H and O–H groups in total. The summed E-state index contributed by atoms with van der Waals surface area (Å²) in [6.45, 7) is 1.08. The largest absolute Gasteiger partial charge is 0.342 e. The molecule has 1 aromatic carbocycles. The van der Waals surface area contributed by atoms with E-state index >= 15 is 0 Å². The molecule has 0 heterocycles. The zero-order valence-corrected chi connectivity index (χ0v) is 9.72. The molecule has 10 heavy (non-hydrogen) atoms. The van der Waals surface area contributed by atoms with Crippen molar-refractivity contribution >= 4 is 19.0 Å². The Hall–Kier alpha value is -0.386. The van der Waals surface area contributed by atoms with Crippen LogP contribution in [0.2, 0.25) is 0 Å². The Kier molecular flexibility index (Phi) is 3.42. The fourth-order valence-corrected chi connectivity index (χ4v) is 2.15. The van der Waals surface area contributed by atoms with Crippen molar-refractivity contribution in [3.8, 4) is 0 Å². The third kappa shape index (κ3) is 2.47. The van der Waals surface area contributed by atoms with Gasteiger partial charge in [0.15, 0.2) is 0 Å². The van der Waals surface area contributed by atoms with Crippen LogP contribution in [0.25, 0.3) is 0 Å². The fraction of sp³-hybridized carbons (Fsp3) is 0.143. The van der Waals surface area contributed by atoms with E-state index in [4.69, 9.17) is 0 Å². The third-order valence-corrected chi connectivity index (χ3v) is 3.67. The van der Waals surface area contributed by atoms with Crippen molar-refractivity contribution < 1.29 is 0 Å². The van der Waals surface area contributed by atoms with Crippen LogP contribution in [0.15, 0.2) is 30.3 Å². The molecule has 0 aliphatic carbocycles. The Morgan fingerprint density at radius 3 is 2.60 bits per heavy atom. The molecule has 0 aliphatic heterocycles. The Balaban J connectivity index is 2.43. The minimum atomic E-state index is 0.159. The molecular formula is C7H13NSi2. The van der Waals surface area contributed by atoms with Gasteiger partial charge < -0.3 is 4.98 Å². The van der Waals surface area contributed by atoms with Gasteiger partial charge in [-0.3, -0.25) is 0 Å². The standard InChI is InChI=1S/C7H13NSi2/c9-10-8-6-7-4-2-1-3-5-7/h1-5,8H,6,10H2,9H3. The molecule has 1 aromatic rings. The molecule has 0 aromatic heterocycles. The predicted octanol–water partition coefficient (Wildman–Crippen LogP) is -0.860. The average molecular weight is 167 g/mol. The van der Waals surface area contributed by atoms with Crippen LogP contribution in [0.3, 0.4) is 0 Å². The van der Waals surface area contributed by atoms with Gasteiger partial charge in [0.05, 0.1) is 9.20 Å². The lowest BCUT2D eigenvalue weighted by Gasteiger charge is -1.99. The van der Waals surface area contributed by atoms with Crippen LogP contribution in [0.5, 0.6) is 0 Å². The monoisotopic (exact) mass is 167 g/mol. The zero-order valence-electron chi connectivity index (χ0n) is 6.30. The minimum Gasteiger partial charge on any atom is -0.342 e. The second kappa shape index (κ2) is 4.43. The van der Waals surface area contributed by atoms with E-state index in [-0.39, 0.29) is 9.20 Å². The van der Waals surface area contributed by atoms with Gasteiger partial charge in [-0.05, 0) is 5.56 Å². The fourth-order valence-electron chi connectivity index (χ4n) is 0.865. The first kappa shape index (κ1) is 7.72. The molecule has 54 valence electrons. The van der Waals surface area contributed by atoms with E-state index in [1.165, 1.54) is 15.3 Å². The highest BCUT2D eigenvalue weighted by molar-refractivity contribution is 6.87. The maximum atomic E-state index is 3.47. The second-order valence-electron chi connectivity index (χ2n) is 2.27. The van der Waals surface area contributed by atoms with Gasteiger partial charge in [-0.25, -0.2) is 0 Å². The average Bonchev–Trinajstić information content (AvgIpc) is 2.03. The molecule has 0 atom stereocenters. The topological polar surface area (TPSA) is 12.0 Å². The van der Waals surface area contributed by atoms with Crippen LogP contribution in [-0.2, 0) is 6.54 Å². The summed E-state index contributed by atoms with van der Waals surface area (Å²) in [7, 11) is 1.54. The van der Waals surface area contributed by atoms with Gasteiger partial charge >= 0.3 is 0 Å². The van der Waals surface area contributed by atoms with Gasteiger partial charge in [-0.1, -0.05) is 30.3 Å². The molecule has 0 amide bonds. The Morgan fingerprint density at radius 1 is 1.30 bits per heavy atom. The summed E-state index contributed by atoms with van der Waals surface area (Å²) >= 11 is 0. The van der Waals surface area contributed by atoms with Crippen LogP contribution >= 0.6 is 0 Å². The van der Waals surface area contributed by atoms with Gasteiger partial charge in [-0.2, -0.15) is 0 Å². The molecule has 3 heteroatoms. The number of rotatable bonds is 3. The number of hydrogen-bond acceptors (Lipinski definition) is 1. The maximum Gasteiger partial charge on any atom is 0.0725 e. The smallest absolute Gasteiger partial charge is 0.0725 e. The summed E-state index contributed by atoms with van der Waals surface area (Å²) in [5, 5.41) is 0. The molecule has 0 fully saturated rings. The van der Waals surface area contributed by atoms with Gasteiger partial charge in [0.1, 0.15) is 0 Å². The highest BCUT2D eigenvalue weighted by Gasteiger charge is 1.85. The van der Waals surface area contributed by atoms with Crippen molar-refractivity contribution in [2.24, 2.45) is 0 Å². The summed E-state index contributed by atoms with van der Waals surface area (Å²) in [6.07, 6.45) is 0. The summed E-state index contributed by atoms with van der Waals surface area (Å²) in [4.78, 5) is 3.47. The van der Waals surface area contributed by atoms with Crippen molar-refractivity contribution in [1.29, 1.82) is 0 Å². The predicted molar refractivity (Wildman–Crippen MR) is 51.8 cm³/mol.